The number of aromatic nitrogens is 2. The zero-order valence-electron chi connectivity index (χ0n) is 13.9. The number of azo groups is 1. The van der Waals surface area contributed by atoms with Gasteiger partial charge in [0.1, 0.15) is 6.54 Å². The molecule has 25 heavy (non-hydrogen) atoms. The van der Waals surface area contributed by atoms with Crippen LogP contribution in [0, 0.1) is 0 Å². The quantitative estimate of drug-likeness (QED) is 0.200. The van der Waals surface area contributed by atoms with Crippen molar-refractivity contribution >= 4 is 11.7 Å². The first-order valence-corrected chi connectivity index (χ1v) is 7.60. The van der Waals surface area contributed by atoms with Gasteiger partial charge in [-0.25, -0.2) is 4.57 Å². The maximum atomic E-state index is 9.05. The Hall–Kier alpha value is -2.42. The number of nitrogens with zero attached hydrogens (tertiary/aromatic N) is 6. The van der Waals surface area contributed by atoms with Gasteiger partial charge in [-0.2, -0.15) is 0 Å². The molecule has 134 valence electrons. The van der Waals surface area contributed by atoms with E-state index in [1.165, 1.54) is 0 Å². The summed E-state index contributed by atoms with van der Waals surface area (Å²) >= 11 is 0. The zero-order chi connectivity index (χ0) is 17.2. The Bertz CT molecular complexity index is 788. The Kier molecular flexibility index (Phi) is 9.23. The SMILES string of the molecule is CC(/N=N/c1cccc[n+]1CCO)=N\N=c1/ccccn1CCO.[Cl-]. The van der Waals surface area contributed by atoms with Crippen LogP contribution in [0.15, 0.2) is 69.2 Å². The summed E-state index contributed by atoms with van der Waals surface area (Å²) in [6, 6.07) is 11.0. The van der Waals surface area contributed by atoms with Crippen LogP contribution in [-0.4, -0.2) is 33.8 Å². The lowest BCUT2D eigenvalue weighted by Gasteiger charge is -2.02. The van der Waals surface area contributed by atoms with Gasteiger partial charge in [0.15, 0.2) is 11.3 Å². The van der Waals surface area contributed by atoms with Crippen LogP contribution in [0.2, 0.25) is 0 Å². The minimum atomic E-state index is 0. The second-order valence-electron chi connectivity index (χ2n) is 4.90. The minimum Gasteiger partial charge on any atom is -1.00 e. The zero-order valence-corrected chi connectivity index (χ0v) is 14.7. The number of aliphatic hydroxyl groups excluding tert-OH is 2. The van der Waals surface area contributed by atoms with Crippen molar-refractivity contribution in [1.29, 1.82) is 0 Å². The Balaban J connectivity index is 0.00000312. The number of rotatable bonds is 6. The van der Waals surface area contributed by atoms with Crippen molar-refractivity contribution < 1.29 is 27.2 Å². The molecule has 9 heteroatoms. The molecular formula is C16H21ClN6O2. The molecule has 2 heterocycles. The molecule has 0 aliphatic heterocycles. The van der Waals surface area contributed by atoms with Crippen LogP contribution >= 0.6 is 0 Å². The van der Waals surface area contributed by atoms with Crippen LogP contribution in [0.3, 0.4) is 0 Å². The van der Waals surface area contributed by atoms with E-state index in [9.17, 15) is 0 Å². The summed E-state index contributed by atoms with van der Waals surface area (Å²) in [4.78, 5) is 0. The molecule has 0 saturated heterocycles. The van der Waals surface area contributed by atoms with Crippen molar-refractivity contribution in [3.05, 3.63) is 54.3 Å². The van der Waals surface area contributed by atoms with Crippen molar-refractivity contribution in [2.45, 2.75) is 20.0 Å². The fourth-order valence-electron chi connectivity index (χ4n) is 1.98. The van der Waals surface area contributed by atoms with Crippen molar-refractivity contribution in [2.24, 2.45) is 20.4 Å². The largest absolute Gasteiger partial charge is 1.00 e. The third-order valence-corrected chi connectivity index (χ3v) is 3.11. The smallest absolute Gasteiger partial charge is 0.350 e. The Morgan fingerprint density at radius 3 is 2.68 bits per heavy atom. The Morgan fingerprint density at radius 2 is 1.92 bits per heavy atom. The molecule has 0 amide bonds. The first-order valence-electron chi connectivity index (χ1n) is 7.60. The van der Waals surface area contributed by atoms with Crippen molar-refractivity contribution in [3.8, 4) is 0 Å². The average Bonchev–Trinajstić information content (AvgIpc) is 2.61. The number of hydrogen-bond acceptors (Lipinski definition) is 5. The molecule has 2 N–H and O–H groups in total. The molecular weight excluding hydrogens is 344 g/mol. The monoisotopic (exact) mass is 364 g/mol. The molecule has 2 aromatic rings. The topological polar surface area (TPSA) is 98.7 Å². The van der Waals surface area contributed by atoms with E-state index in [4.69, 9.17) is 10.2 Å². The van der Waals surface area contributed by atoms with E-state index < -0.39 is 0 Å². The molecule has 0 spiro atoms. The number of aliphatic hydroxyl groups is 2. The summed E-state index contributed by atoms with van der Waals surface area (Å²) in [5.41, 5.74) is 0.621. The standard InChI is InChI=1S/C16H21N6O2.ClH/c1-14(17-19-15-6-2-4-8-21(15)10-12-23)18-20-16-7-3-5-9-22(16)11-13-24;/h2-9,23-24H,10-13H2,1H3;1H/q+1;/p-1. The Morgan fingerprint density at radius 1 is 1.12 bits per heavy atom. The van der Waals surface area contributed by atoms with Crippen molar-refractivity contribution in [2.75, 3.05) is 13.2 Å². The van der Waals surface area contributed by atoms with Gasteiger partial charge in [-0.3, -0.25) is 0 Å². The highest BCUT2D eigenvalue weighted by Crippen LogP contribution is 2.04. The summed E-state index contributed by atoms with van der Waals surface area (Å²) in [6.07, 6.45) is 3.65. The summed E-state index contributed by atoms with van der Waals surface area (Å²) in [5, 5.41) is 34.5. The molecule has 0 aromatic carbocycles. The molecule has 2 rings (SSSR count). The highest BCUT2D eigenvalue weighted by molar-refractivity contribution is 5.79. The van der Waals surface area contributed by atoms with Gasteiger partial charge in [-0.05, 0) is 23.3 Å². The summed E-state index contributed by atoms with van der Waals surface area (Å²) in [7, 11) is 0. The lowest BCUT2D eigenvalue weighted by Crippen LogP contribution is -3.00. The predicted octanol–water partition coefficient (Wildman–Crippen LogP) is -2.22. The molecule has 0 fully saturated rings. The predicted molar refractivity (Wildman–Crippen MR) is 88.4 cm³/mol. The molecule has 8 nitrogen and oxygen atoms in total. The van der Waals surface area contributed by atoms with Gasteiger partial charge in [0.05, 0.1) is 24.5 Å². The van der Waals surface area contributed by atoms with Crippen LogP contribution < -0.4 is 22.5 Å². The van der Waals surface area contributed by atoms with Gasteiger partial charge >= 0.3 is 5.82 Å². The van der Waals surface area contributed by atoms with E-state index in [-0.39, 0.29) is 25.6 Å². The van der Waals surface area contributed by atoms with E-state index in [1.54, 1.807) is 28.2 Å². The highest BCUT2D eigenvalue weighted by atomic mass is 35.5. The Labute approximate surface area is 151 Å². The summed E-state index contributed by atoms with van der Waals surface area (Å²) < 4.78 is 3.58. The first kappa shape index (κ1) is 20.6. The van der Waals surface area contributed by atoms with Crippen molar-refractivity contribution in [3.63, 3.8) is 0 Å². The van der Waals surface area contributed by atoms with Gasteiger partial charge in [0, 0.05) is 25.7 Å². The number of halogens is 1. The summed E-state index contributed by atoms with van der Waals surface area (Å²) in [5.74, 6) is 1.02. The molecule has 0 saturated carbocycles. The maximum absolute atomic E-state index is 9.05. The molecule has 0 radical (unpaired) electrons. The number of pyridine rings is 2. The maximum Gasteiger partial charge on any atom is 0.350 e. The van der Waals surface area contributed by atoms with Crippen LogP contribution in [-0.2, 0) is 13.1 Å². The second-order valence-corrected chi connectivity index (χ2v) is 4.90. The van der Waals surface area contributed by atoms with Gasteiger partial charge in [-0.15, -0.1) is 10.2 Å². The molecule has 2 aromatic heterocycles. The number of amidine groups is 1. The second kappa shape index (κ2) is 11.2. The van der Waals surface area contributed by atoms with E-state index >= 15 is 0 Å². The van der Waals surface area contributed by atoms with E-state index in [0.717, 1.165) is 0 Å². The van der Waals surface area contributed by atoms with Gasteiger partial charge in [0.2, 0.25) is 0 Å². The fraction of sp³-hybridized carbons (Fsp3) is 0.312. The molecule has 0 bridgehead atoms. The van der Waals surface area contributed by atoms with Gasteiger partial charge in [-0.1, -0.05) is 12.1 Å². The third kappa shape index (κ3) is 6.54. The fourth-order valence-corrected chi connectivity index (χ4v) is 1.98. The molecule has 0 aliphatic carbocycles. The molecule has 0 unspecified atom stereocenters. The summed E-state index contributed by atoms with van der Waals surface area (Å²) in [6.45, 7) is 2.64. The molecule has 0 atom stereocenters. The van der Waals surface area contributed by atoms with Gasteiger partial charge in [0.25, 0.3) is 0 Å². The lowest BCUT2D eigenvalue weighted by molar-refractivity contribution is -0.685. The van der Waals surface area contributed by atoms with Crippen LogP contribution in [0.25, 0.3) is 0 Å². The normalized spacial score (nSPS) is 12.4. The number of hydrogen-bond donors (Lipinski definition) is 2. The first-order chi connectivity index (χ1) is 11.7. The highest BCUT2D eigenvalue weighted by Gasteiger charge is 2.07. The van der Waals surface area contributed by atoms with Gasteiger partial charge < -0.3 is 27.2 Å². The minimum absolute atomic E-state index is 0. The molecule has 0 aliphatic rings. The van der Waals surface area contributed by atoms with Crippen LogP contribution in [0.4, 0.5) is 5.82 Å². The van der Waals surface area contributed by atoms with E-state index in [2.05, 4.69) is 20.4 Å². The average molecular weight is 365 g/mol. The van der Waals surface area contributed by atoms with E-state index in [1.807, 2.05) is 36.7 Å². The van der Waals surface area contributed by atoms with E-state index in [0.29, 0.717) is 30.2 Å². The van der Waals surface area contributed by atoms with Crippen molar-refractivity contribution in [1.82, 2.24) is 4.57 Å². The third-order valence-electron chi connectivity index (χ3n) is 3.11. The lowest BCUT2D eigenvalue weighted by atomic mass is 10.4. The van der Waals surface area contributed by atoms with Crippen LogP contribution in [0.5, 0.6) is 0 Å². The van der Waals surface area contributed by atoms with Crippen LogP contribution in [0.1, 0.15) is 6.92 Å².